The van der Waals surface area contributed by atoms with Crippen LogP contribution in [0.2, 0.25) is 0 Å². The van der Waals surface area contributed by atoms with Gasteiger partial charge in [0.05, 0.1) is 6.26 Å². The third-order valence-corrected chi connectivity index (χ3v) is 1.35. The van der Waals surface area contributed by atoms with Crippen molar-refractivity contribution in [3.05, 3.63) is 12.3 Å². The van der Waals surface area contributed by atoms with E-state index in [0.29, 0.717) is 0 Å². The Morgan fingerprint density at radius 3 is 2.73 bits per heavy atom. The van der Waals surface area contributed by atoms with Gasteiger partial charge in [-0.2, -0.15) is 0 Å². The first kappa shape index (κ1) is 10.1. The van der Waals surface area contributed by atoms with E-state index in [0.717, 1.165) is 19.3 Å². The summed E-state index contributed by atoms with van der Waals surface area (Å²) in [4.78, 5) is 0. The fraction of sp³-hybridized carbons (Fsp3) is 0.600. The fourth-order valence-electron chi connectivity index (χ4n) is 0.638. The molecule has 0 heterocycles. The van der Waals surface area contributed by atoms with Gasteiger partial charge in [-0.05, 0) is 18.9 Å². The Morgan fingerprint density at radius 2 is 2.27 bits per heavy atom. The summed E-state index contributed by atoms with van der Waals surface area (Å²) in [7, 11) is 0. The second kappa shape index (κ2) is 7.21. The maximum atomic E-state index is 5.23. The summed E-state index contributed by atoms with van der Waals surface area (Å²) in [6, 6.07) is 0. The number of rotatable bonds is 5. The molecule has 0 saturated heterocycles. The highest BCUT2D eigenvalue weighted by Crippen LogP contribution is 1.97. The van der Waals surface area contributed by atoms with Gasteiger partial charge >= 0.3 is 0 Å². The van der Waals surface area contributed by atoms with Gasteiger partial charge in [0.1, 0.15) is 0 Å². The Balaban J connectivity index is 3.43. The summed E-state index contributed by atoms with van der Waals surface area (Å²) in [5.41, 5.74) is 0. The minimum Gasteiger partial charge on any atom is -0.486 e. The smallest absolute Gasteiger partial charge is 0.157 e. The van der Waals surface area contributed by atoms with E-state index < -0.39 is 0 Å². The Labute approximate surface area is 69.4 Å². The lowest BCUT2D eigenvalue weighted by Crippen LogP contribution is -2.03. The monoisotopic (exact) mass is 152 g/mol. The molecule has 0 bridgehead atoms. The van der Waals surface area contributed by atoms with Crippen molar-refractivity contribution in [2.75, 3.05) is 0 Å². The van der Waals surface area contributed by atoms with E-state index >= 15 is 0 Å². The third-order valence-electron chi connectivity index (χ3n) is 1.35. The lowest BCUT2D eigenvalue weighted by atomic mass is 10.3. The van der Waals surface area contributed by atoms with Gasteiger partial charge in [0.15, 0.2) is 6.10 Å². The van der Waals surface area contributed by atoms with Gasteiger partial charge in [0.25, 0.3) is 0 Å². The lowest BCUT2D eigenvalue weighted by Gasteiger charge is -2.05. The molecule has 0 spiro atoms. The molecule has 0 aliphatic carbocycles. The minimum absolute atomic E-state index is 0.0527. The van der Waals surface area contributed by atoms with E-state index in [9.17, 15) is 0 Å². The highest BCUT2D eigenvalue weighted by Gasteiger charge is 1.96. The van der Waals surface area contributed by atoms with Gasteiger partial charge in [-0.1, -0.05) is 26.2 Å². The second-order valence-electron chi connectivity index (χ2n) is 2.36. The number of allylic oxidation sites excluding steroid dienone is 1. The average Bonchev–Trinajstić information content (AvgIpc) is 2.05. The van der Waals surface area contributed by atoms with E-state index in [-0.39, 0.29) is 6.10 Å². The number of hydrogen-bond acceptors (Lipinski definition) is 1. The maximum Gasteiger partial charge on any atom is 0.157 e. The van der Waals surface area contributed by atoms with Gasteiger partial charge in [-0.3, -0.25) is 0 Å². The van der Waals surface area contributed by atoms with Crippen molar-refractivity contribution in [1.29, 1.82) is 0 Å². The molecule has 0 saturated carbocycles. The highest BCUT2D eigenvalue weighted by atomic mass is 16.5. The molecule has 0 aliphatic heterocycles. The summed E-state index contributed by atoms with van der Waals surface area (Å²) >= 11 is 0. The molecule has 0 fully saturated rings. The first-order valence-corrected chi connectivity index (χ1v) is 4.11. The molecule has 1 heteroatoms. The summed E-state index contributed by atoms with van der Waals surface area (Å²) in [6.45, 7) is 4.14. The molecule has 62 valence electrons. The second-order valence-corrected chi connectivity index (χ2v) is 2.36. The molecule has 0 rings (SSSR count). The molecule has 0 radical (unpaired) electrons. The fourth-order valence-corrected chi connectivity index (χ4v) is 0.638. The first-order valence-electron chi connectivity index (χ1n) is 4.11. The van der Waals surface area contributed by atoms with Crippen molar-refractivity contribution in [2.45, 2.75) is 39.2 Å². The SMILES string of the molecule is C#CC(CC)O/C=C\CCC. The topological polar surface area (TPSA) is 9.23 Å². The van der Waals surface area contributed by atoms with Crippen molar-refractivity contribution in [3.63, 3.8) is 0 Å². The van der Waals surface area contributed by atoms with Crippen LogP contribution in [0.4, 0.5) is 0 Å². The predicted octanol–water partition coefficient (Wildman–Crippen LogP) is 2.73. The summed E-state index contributed by atoms with van der Waals surface area (Å²) in [6.07, 6.45) is 11.9. The number of ether oxygens (including phenoxy) is 1. The molecular weight excluding hydrogens is 136 g/mol. The summed E-state index contributed by atoms with van der Waals surface area (Å²) < 4.78 is 5.23. The van der Waals surface area contributed by atoms with Crippen LogP contribution < -0.4 is 0 Å². The van der Waals surface area contributed by atoms with Crippen LogP contribution in [0.3, 0.4) is 0 Å². The largest absolute Gasteiger partial charge is 0.486 e. The standard InChI is InChI=1S/C10H16O/c1-4-7-8-9-11-10(5-2)6-3/h2,8-10H,4,6-7H2,1,3H3/b9-8-. The van der Waals surface area contributed by atoms with E-state index in [2.05, 4.69) is 12.8 Å². The summed E-state index contributed by atoms with van der Waals surface area (Å²) in [5, 5.41) is 0. The average molecular weight is 152 g/mol. The van der Waals surface area contributed by atoms with Crippen LogP contribution >= 0.6 is 0 Å². The third kappa shape index (κ3) is 5.54. The summed E-state index contributed by atoms with van der Waals surface area (Å²) in [5.74, 6) is 2.56. The zero-order chi connectivity index (χ0) is 8.53. The van der Waals surface area contributed by atoms with Crippen molar-refractivity contribution in [3.8, 4) is 12.3 Å². The van der Waals surface area contributed by atoms with Crippen molar-refractivity contribution < 1.29 is 4.74 Å². The lowest BCUT2D eigenvalue weighted by molar-refractivity contribution is 0.190. The molecule has 0 aromatic rings. The van der Waals surface area contributed by atoms with Crippen LogP contribution in [-0.2, 0) is 4.74 Å². The molecule has 1 nitrogen and oxygen atoms in total. The molecular formula is C10H16O. The number of unbranched alkanes of at least 4 members (excludes halogenated alkanes) is 1. The Kier molecular flexibility index (Phi) is 6.62. The van der Waals surface area contributed by atoms with Crippen molar-refractivity contribution in [1.82, 2.24) is 0 Å². The van der Waals surface area contributed by atoms with Crippen LogP contribution in [0, 0.1) is 12.3 Å². The van der Waals surface area contributed by atoms with Crippen LogP contribution in [0.25, 0.3) is 0 Å². The molecule has 0 aromatic heterocycles. The molecule has 1 unspecified atom stereocenters. The minimum atomic E-state index is -0.0527. The van der Waals surface area contributed by atoms with Gasteiger partial charge in [0.2, 0.25) is 0 Å². The van der Waals surface area contributed by atoms with Gasteiger partial charge in [-0.15, -0.1) is 6.42 Å². The first-order chi connectivity index (χ1) is 5.35. The predicted molar refractivity (Wildman–Crippen MR) is 48.0 cm³/mol. The van der Waals surface area contributed by atoms with Gasteiger partial charge in [0, 0.05) is 0 Å². The van der Waals surface area contributed by atoms with Gasteiger partial charge in [-0.25, -0.2) is 0 Å². The quantitative estimate of drug-likeness (QED) is 0.435. The number of terminal acetylenes is 1. The molecule has 1 atom stereocenters. The van der Waals surface area contributed by atoms with E-state index in [4.69, 9.17) is 11.2 Å². The van der Waals surface area contributed by atoms with Crippen molar-refractivity contribution >= 4 is 0 Å². The normalized spacial score (nSPS) is 12.8. The maximum absolute atomic E-state index is 5.23. The molecule has 0 aromatic carbocycles. The van der Waals surface area contributed by atoms with Crippen molar-refractivity contribution in [2.24, 2.45) is 0 Å². The molecule has 0 amide bonds. The van der Waals surface area contributed by atoms with Crippen LogP contribution in [0.1, 0.15) is 33.1 Å². The van der Waals surface area contributed by atoms with E-state index in [1.54, 1.807) is 6.26 Å². The zero-order valence-electron chi connectivity index (χ0n) is 7.34. The molecule has 0 N–H and O–H groups in total. The van der Waals surface area contributed by atoms with E-state index in [1.807, 2.05) is 13.0 Å². The Hall–Kier alpha value is -0.900. The Morgan fingerprint density at radius 1 is 1.55 bits per heavy atom. The van der Waals surface area contributed by atoms with Gasteiger partial charge < -0.3 is 4.74 Å². The van der Waals surface area contributed by atoms with Crippen LogP contribution in [0.15, 0.2) is 12.3 Å². The Bertz CT molecular complexity index is 141. The molecule has 0 aliphatic rings. The van der Waals surface area contributed by atoms with E-state index in [1.165, 1.54) is 0 Å². The zero-order valence-corrected chi connectivity index (χ0v) is 7.34. The highest BCUT2D eigenvalue weighted by molar-refractivity contribution is 4.95. The number of hydrogen-bond donors (Lipinski definition) is 0. The van der Waals surface area contributed by atoms with Crippen LogP contribution in [0.5, 0.6) is 0 Å². The molecule has 11 heavy (non-hydrogen) atoms. The van der Waals surface area contributed by atoms with Crippen LogP contribution in [-0.4, -0.2) is 6.10 Å².